The first-order valence-corrected chi connectivity index (χ1v) is 8.14. The third kappa shape index (κ3) is 3.99. The van der Waals surface area contributed by atoms with Gasteiger partial charge in [-0.05, 0) is 36.9 Å². The summed E-state index contributed by atoms with van der Waals surface area (Å²) in [4.78, 5) is 1.42. The van der Waals surface area contributed by atoms with E-state index in [4.69, 9.17) is 9.47 Å². The summed E-state index contributed by atoms with van der Waals surface area (Å²) in [6, 6.07) is 10.6. The first kappa shape index (κ1) is 15.9. The second-order valence-electron chi connectivity index (χ2n) is 4.81. The van der Waals surface area contributed by atoms with Crippen molar-refractivity contribution in [1.82, 2.24) is 5.32 Å². The summed E-state index contributed by atoms with van der Waals surface area (Å²) in [6.07, 6.45) is 2.10. The fourth-order valence-electron chi connectivity index (χ4n) is 2.54. The average Bonchev–Trinajstić information content (AvgIpc) is 3.04. The van der Waals surface area contributed by atoms with Crippen molar-refractivity contribution < 1.29 is 9.47 Å². The Morgan fingerprint density at radius 1 is 1.14 bits per heavy atom. The number of thiophene rings is 1. The minimum atomic E-state index is 0.266. The van der Waals surface area contributed by atoms with E-state index in [9.17, 15) is 0 Å². The molecule has 1 N–H and O–H groups in total. The molecular weight excluding hydrogens is 282 g/mol. The molecule has 0 radical (unpaired) electrons. The lowest BCUT2D eigenvalue weighted by Crippen LogP contribution is -2.22. The summed E-state index contributed by atoms with van der Waals surface area (Å²) < 4.78 is 11.0. The van der Waals surface area contributed by atoms with Crippen LogP contribution in [0.15, 0.2) is 35.7 Å². The Morgan fingerprint density at radius 2 is 2.00 bits per heavy atom. The molecule has 0 saturated carbocycles. The molecule has 0 fully saturated rings. The van der Waals surface area contributed by atoms with E-state index in [-0.39, 0.29) is 6.04 Å². The van der Waals surface area contributed by atoms with Gasteiger partial charge < -0.3 is 14.8 Å². The summed E-state index contributed by atoms with van der Waals surface area (Å²) in [6.45, 7) is 3.06. The van der Waals surface area contributed by atoms with Gasteiger partial charge in [-0.2, -0.15) is 0 Å². The highest BCUT2D eigenvalue weighted by Gasteiger charge is 2.18. The molecule has 1 heterocycles. The first-order chi connectivity index (χ1) is 10.3. The van der Waals surface area contributed by atoms with Crippen molar-refractivity contribution in [3.05, 3.63) is 46.2 Å². The van der Waals surface area contributed by atoms with Crippen LogP contribution in [0.2, 0.25) is 0 Å². The highest BCUT2D eigenvalue weighted by Crippen LogP contribution is 2.36. The molecule has 1 atom stereocenters. The Kier molecular flexibility index (Phi) is 6.08. The smallest absolute Gasteiger partial charge is 0.165 e. The number of para-hydroxylation sites is 1. The maximum atomic E-state index is 5.57. The molecule has 0 aliphatic heterocycles. The van der Waals surface area contributed by atoms with Gasteiger partial charge in [-0.1, -0.05) is 25.1 Å². The quantitative estimate of drug-likeness (QED) is 0.798. The van der Waals surface area contributed by atoms with E-state index < -0.39 is 0 Å². The fraction of sp³-hybridized carbons (Fsp3) is 0.412. The van der Waals surface area contributed by atoms with Crippen molar-refractivity contribution in [1.29, 1.82) is 0 Å². The number of aryl methyl sites for hydroxylation is 1. The van der Waals surface area contributed by atoms with Gasteiger partial charge in [0.1, 0.15) is 0 Å². The SMILES string of the molecule is CCNC(CCc1cccs1)c1cccc(OC)c1OC. The van der Waals surface area contributed by atoms with Crippen LogP contribution in [-0.2, 0) is 6.42 Å². The number of methoxy groups -OCH3 is 2. The third-order valence-corrected chi connectivity index (χ3v) is 4.46. The molecule has 2 rings (SSSR count). The zero-order chi connectivity index (χ0) is 15.1. The van der Waals surface area contributed by atoms with Crippen molar-refractivity contribution in [3.8, 4) is 11.5 Å². The highest BCUT2D eigenvalue weighted by molar-refractivity contribution is 7.09. The molecule has 4 heteroatoms. The molecule has 114 valence electrons. The topological polar surface area (TPSA) is 30.5 Å². The summed E-state index contributed by atoms with van der Waals surface area (Å²) in [7, 11) is 3.37. The van der Waals surface area contributed by atoms with Gasteiger partial charge in [0.15, 0.2) is 11.5 Å². The molecular formula is C17H23NO2S. The van der Waals surface area contributed by atoms with Gasteiger partial charge in [-0.15, -0.1) is 11.3 Å². The van der Waals surface area contributed by atoms with Crippen molar-refractivity contribution in [2.45, 2.75) is 25.8 Å². The molecule has 1 aromatic carbocycles. The zero-order valence-corrected chi connectivity index (χ0v) is 13.7. The van der Waals surface area contributed by atoms with Crippen LogP contribution in [0.1, 0.15) is 29.8 Å². The Balaban J connectivity index is 2.20. The zero-order valence-electron chi connectivity index (χ0n) is 12.9. The molecule has 0 saturated heterocycles. The Morgan fingerprint density at radius 3 is 2.62 bits per heavy atom. The molecule has 2 aromatic rings. The summed E-state index contributed by atoms with van der Waals surface area (Å²) in [5.74, 6) is 1.62. The van der Waals surface area contributed by atoms with Crippen LogP contribution in [0, 0.1) is 0 Å². The molecule has 1 unspecified atom stereocenters. The van der Waals surface area contributed by atoms with Crippen LogP contribution in [0.5, 0.6) is 11.5 Å². The Labute approximate surface area is 130 Å². The van der Waals surface area contributed by atoms with Gasteiger partial charge in [0.05, 0.1) is 14.2 Å². The van der Waals surface area contributed by atoms with E-state index in [1.54, 1.807) is 14.2 Å². The maximum Gasteiger partial charge on any atom is 0.165 e. The van der Waals surface area contributed by atoms with Crippen molar-refractivity contribution in [3.63, 3.8) is 0 Å². The molecule has 0 bridgehead atoms. The number of ether oxygens (including phenoxy) is 2. The van der Waals surface area contributed by atoms with E-state index in [0.717, 1.165) is 36.4 Å². The lowest BCUT2D eigenvalue weighted by Gasteiger charge is -2.22. The minimum Gasteiger partial charge on any atom is -0.493 e. The van der Waals surface area contributed by atoms with Gasteiger partial charge in [-0.25, -0.2) is 0 Å². The van der Waals surface area contributed by atoms with Crippen molar-refractivity contribution >= 4 is 11.3 Å². The van der Waals surface area contributed by atoms with E-state index in [1.807, 2.05) is 23.5 Å². The normalized spacial score (nSPS) is 12.1. The molecule has 21 heavy (non-hydrogen) atoms. The summed E-state index contributed by atoms with van der Waals surface area (Å²) in [5.41, 5.74) is 1.16. The monoisotopic (exact) mass is 305 g/mol. The highest BCUT2D eigenvalue weighted by atomic mass is 32.1. The minimum absolute atomic E-state index is 0.266. The summed E-state index contributed by atoms with van der Waals surface area (Å²) in [5, 5.41) is 5.69. The number of rotatable bonds is 8. The fourth-order valence-corrected chi connectivity index (χ4v) is 3.27. The number of nitrogens with one attached hydrogen (secondary N) is 1. The average molecular weight is 305 g/mol. The lowest BCUT2D eigenvalue weighted by molar-refractivity contribution is 0.345. The van der Waals surface area contributed by atoms with E-state index in [1.165, 1.54) is 4.88 Å². The molecule has 0 amide bonds. The maximum absolute atomic E-state index is 5.57. The van der Waals surface area contributed by atoms with Gasteiger partial charge >= 0.3 is 0 Å². The van der Waals surface area contributed by atoms with Crippen molar-refractivity contribution in [2.24, 2.45) is 0 Å². The van der Waals surface area contributed by atoms with Crippen LogP contribution < -0.4 is 14.8 Å². The Bertz CT molecular complexity index is 540. The molecule has 0 aliphatic rings. The molecule has 3 nitrogen and oxygen atoms in total. The first-order valence-electron chi connectivity index (χ1n) is 7.26. The van der Waals surface area contributed by atoms with Crippen LogP contribution in [0.25, 0.3) is 0 Å². The second-order valence-corrected chi connectivity index (χ2v) is 5.84. The third-order valence-electron chi connectivity index (χ3n) is 3.52. The predicted molar refractivity (Wildman–Crippen MR) is 88.6 cm³/mol. The Hall–Kier alpha value is -1.52. The number of hydrogen-bond donors (Lipinski definition) is 1. The predicted octanol–water partition coefficient (Wildman–Crippen LogP) is 4.05. The summed E-state index contributed by atoms with van der Waals surface area (Å²) >= 11 is 1.81. The van der Waals surface area contributed by atoms with E-state index in [2.05, 4.69) is 35.8 Å². The standard InChI is InChI=1S/C17H23NO2S/c1-4-18-15(11-10-13-7-6-12-21-13)14-8-5-9-16(19-2)17(14)20-3/h5-9,12,15,18H,4,10-11H2,1-3H3. The molecule has 0 aliphatic carbocycles. The van der Waals surface area contributed by atoms with Gasteiger partial charge in [-0.3, -0.25) is 0 Å². The van der Waals surface area contributed by atoms with Gasteiger partial charge in [0.25, 0.3) is 0 Å². The van der Waals surface area contributed by atoms with Crippen LogP contribution in [-0.4, -0.2) is 20.8 Å². The largest absolute Gasteiger partial charge is 0.493 e. The van der Waals surface area contributed by atoms with Crippen molar-refractivity contribution in [2.75, 3.05) is 20.8 Å². The molecule has 1 aromatic heterocycles. The van der Waals surface area contributed by atoms with E-state index >= 15 is 0 Å². The van der Waals surface area contributed by atoms with Gasteiger partial charge in [0, 0.05) is 16.5 Å². The van der Waals surface area contributed by atoms with Crippen LogP contribution in [0.4, 0.5) is 0 Å². The lowest BCUT2D eigenvalue weighted by atomic mass is 10.00. The second kappa shape index (κ2) is 8.05. The molecule has 0 spiro atoms. The van der Waals surface area contributed by atoms with Crippen LogP contribution >= 0.6 is 11.3 Å². The number of benzene rings is 1. The number of hydrogen-bond acceptors (Lipinski definition) is 4. The van der Waals surface area contributed by atoms with Gasteiger partial charge in [0.2, 0.25) is 0 Å². The van der Waals surface area contributed by atoms with E-state index in [0.29, 0.717) is 0 Å². The van der Waals surface area contributed by atoms with Crippen LogP contribution in [0.3, 0.4) is 0 Å².